The Morgan fingerprint density at radius 3 is 2.39 bits per heavy atom. The summed E-state index contributed by atoms with van der Waals surface area (Å²) < 4.78 is 1.43. The number of aromatic nitrogens is 1. The van der Waals surface area contributed by atoms with E-state index in [0.29, 0.717) is 13.1 Å². The number of para-hydroxylation sites is 1. The van der Waals surface area contributed by atoms with Gasteiger partial charge in [-0.3, -0.25) is 9.59 Å². The van der Waals surface area contributed by atoms with Crippen molar-refractivity contribution in [1.29, 1.82) is 0 Å². The van der Waals surface area contributed by atoms with E-state index < -0.39 is 0 Å². The van der Waals surface area contributed by atoms with Crippen LogP contribution in [-0.4, -0.2) is 41.6 Å². The fourth-order valence-electron chi connectivity index (χ4n) is 2.74. The molecule has 3 rings (SSSR count). The lowest BCUT2D eigenvalue weighted by molar-refractivity contribution is -0.132. The molecule has 0 aliphatic carbocycles. The van der Waals surface area contributed by atoms with Crippen LogP contribution in [0.15, 0.2) is 53.5 Å². The van der Waals surface area contributed by atoms with Crippen LogP contribution in [-0.2, 0) is 11.3 Å². The van der Waals surface area contributed by atoms with Crippen molar-refractivity contribution >= 4 is 23.2 Å². The molecule has 23 heavy (non-hydrogen) atoms. The number of halogens is 1. The summed E-state index contributed by atoms with van der Waals surface area (Å²) in [5.41, 5.74) is 0.844. The molecule has 0 atom stereocenters. The van der Waals surface area contributed by atoms with E-state index in [-0.39, 0.29) is 18.0 Å². The Labute approximate surface area is 139 Å². The molecule has 5 nitrogen and oxygen atoms in total. The summed E-state index contributed by atoms with van der Waals surface area (Å²) in [4.78, 5) is 28.0. The molecule has 1 fully saturated rings. The Bertz CT molecular complexity index is 751. The van der Waals surface area contributed by atoms with Crippen LogP contribution in [0.4, 0.5) is 5.69 Å². The predicted octanol–water partition coefficient (Wildman–Crippen LogP) is 1.85. The zero-order valence-corrected chi connectivity index (χ0v) is 13.4. The van der Waals surface area contributed by atoms with E-state index in [1.54, 1.807) is 23.2 Å². The van der Waals surface area contributed by atoms with Gasteiger partial charge in [-0.25, -0.2) is 0 Å². The third-order valence-corrected chi connectivity index (χ3v) is 4.35. The minimum absolute atomic E-state index is 0.0305. The first-order valence-corrected chi connectivity index (χ1v) is 7.95. The van der Waals surface area contributed by atoms with Crippen LogP contribution in [0.5, 0.6) is 0 Å². The van der Waals surface area contributed by atoms with Gasteiger partial charge in [-0.2, -0.15) is 0 Å². The second-order valence-electron chi connectivity index (χ2n) is 5.49. The van der Waals surface area contributed by atoms with Crippen molar-refractivity contribution < 1.29 is 4.79 Å². The molecule has 1 saturated heterocycles. The Kier molecular flexibility index (Phi) is 4.67. The number of benzene rings is 1. The molecular formula is C17H18ClN3O2. The smallest absolute Gasteiger partial charge is 0.250 e. The number of anilines is 1. The van der Waals surface area contributed by atoms with Gasteiger partial charge in [-0.1, -0.05) is 29.8 Å². The summed E-state index contributed by atoms with van der Waals surface area (Å²) >= 11 is 6.22. The minimum Gasteiger partial charge on any atom is -0.367 e. The van der Waals surface area contributed by atoms with Gasteiger partial charge in [0.25, 0.3) is 5.56 Å². The highest BCUT2D eigenvalue weighted by atomic mass is 35.5. The molecular weight excluding hydrogens is 314 g/mol. The minimum atomic E-state index is -0.157. The lowest BCUT2D eigenvalue weighted by Gasteiger charge is -2.36. The maximum absolute atomic E-state index is 12.4. The van der Waals surface area contributed by atoms with Gasteiger partial charge in [0.15, 0.2) is 0 Å². The second kappa shape index (κ2) is 6.87. The van der Waals surface area contributed by atoms with Gasteiger partial charge >= 0.3 is 0 Å². The zero-order valence-electron chi connectivity index (χ0n) is 12.7. The van der Waals surface area contributed by atoms with Crippen LogP contribution in [0.3, 0.4) is 0 Å². The van der Waals surface area contributed by atoms with Gasteiger partial charge in [0.05, 0.1) is 10.7 Å². The highest BCUT2D eigenvalue weighted by Crippen LogP contribution is 2.25. The third-order valence-electron chi connectivity index (χ3n) is 4.03. The van der Waals surface area contributed by atoms with Gasteiger partial charge in [-0.15, -0.1) is 0 Å². The van der Waals surface area contributed by atoms with Crippen molar-refractivity contribution in [2.45, 2.75) is 6.54 Å². The fourth-order valence-corrected chi connectivity index (χ4v) is 3.00. The first kappa shape index (κ1) is 15.6. The quantitative estimate of drug-likeness (QED) is 0.862. The molecule has 1 aliphatic rings. The van der Waals surface area contributed by atoms with Crippen LogP contribution in [0.25, 0.3) is 0 Å². The molecule has 0 unspecified atom stereocenters. The Morgan fingerprint density at radius 1 is 1.00 bits per heavy atom. The first-order valence-electron chi connectivity index (χ1n) is 7.58. The molecule has 1 aliphatic heterocycles. The Hall–Kier alpha value is -2.27. The van der Waals surface area contributed by atoms with E-state index in [0.717, 1.165) is 23.8 Å². The molecule has 1 aromatic carbocycles. The summed E-state index contributed by atoms with van der Waals surface area (Å²) in [5, 5.41) is 0.725. The number of nitrogens with zero attached hydrogens (tertiary/aromatic N) is 3. The predicted molar refractivity (Wildman–Crippen MR) is 90.9 cm³/mol. The van der Waals surface area contributed by atoms with Gasteiger partial charge in [-0.05, 0) is 18.2 Å². The molecule has 0 N–H and O–H groups in total. The molecule has 0 bridgehead atoms. The number of rotatable bonds is 3. The SMILES string of the molecule is O=C(Cn1ccccc1=O)N1CCN(c2ccccc2Cl)CC1. The topological polar surface area (TPSA) is 45.6 Å². The van der Waals surface area contributed by atoms with Crippen molar-refractivity contribution in [2.24, 2.45) is 0 Å². The number of hydrogen-bond acceptors (Lipinski definition) is 3. The van der Waals surface area contributed by atoms with E-state index in [1.807, 2.05) is 24.3 Å². The van der Waals surface area contributed by atoms with Crippen LogP contribution < -0.4 is 10.5 Å². The molecule has 0 spiro atoms. The van der Waals surface area contributed by atoms with E-state index in [2.05, 4.69) is 4.90 Å². The second-order valence-corrected chi connectivity index (χ2v) is 5.89. The lowest BCUT2D eigenvalue weighted by Crippen LogP contribution is -2.50. The average Bonchev–Trinajstić information content (AvgIpc) is 2.57. The molecule has 120 valence electrons. The molecule has 1 aromatic heterocycles. The number of hydrogen-bond donors (Lipinski definition) is 0. The van der Waals surface area contributed by atoms with Gasteiger partial charge in [0.1, 0.15) is 6.54 Å². The number of amides is 1. The van der Waals surface area contributed by atoms with E-state index in [9.17, 15) is 9.59 Å². The molecule has 6 heteroatoms. The molecule has 1 amide bonds. The molecule has 0 radical (unpaired) electrons. The van der Waals surface area contributed by atoms with Crippen LogP contribution in [0.1, 0.15) is 0 Å². The fraction of sp³-hybridized carbons (Fsp3) is 0.294. The number of piperazine rings is 1. The van der Waals surface area contributed by atoms with E-state index in [1.165, 1.54) is 10.6 Å². The van der Waals surface area contributed by atoms with Crippen molar-refractivity contribution in [3.05, 3.63) is 64.0 Å². The van der Waals surface area contributed by atoms with E-state index in [4.69, 9.17) is 11.6 Å². The zero-order chi connectivity index (χ0) is 16.2. The van der Waals surface area contributed by atoms with Gasteiger partial charge in [0, 0.05) is 38.4 Å². The molecule has 2 heterocycles. The monoisotopic (exact) mass is 331 g/mol. The standard InChI is InChI=1S/C17H18ClN3O2/c18-14-5-1-2-6-15(14)19-9-11-20(12-10-19)17(23)13-21-8-4-3-7-16(21)22/h1-8H,9-13H2. The maximum Gasteiger partial charge on any atom is 0.250 e. The maximum atomic E-state index is 12.4. The number of carbonyl (C=O) groups is 1. The number of pyridine rings is 1. The molecule has 0 saturated carbocycles. The first-order chi connectivity index (χ1) is 11.1. The average molecular weight is 332 g/mol. The number of carbonyl (C=O) groups excluding carboxylic acids is 1. The summed E-state index contributed by atoms with van der Waals surface area (Å²) in [6, 6.07) is 12.6. The van der Waals surface area contributed by atoms with Crippen molar-refractivity contribution in [3.63, 3.8) is 0 Å². The summed E-state index contributed by atoms with van der Waals surface area (Å²) in [6.45, 7) is 2.82. The van der Waals surface area contributed by atoms with Crippen LogP contribution in [0.2, 0.25) is 5.02 Å². The van der Waals surface area contributed by atoms with Crippen LogP contribution >= 0.6 is 11.6 Å². The van der Waals surface area contributed by atoms with Crippen molar-refractivity contribution in [1.82, 2.24) is 9.47 Å². The summed E-state index contributed by atoms with van der Waals surface area (Å²) in [6.07, 6.45) is 1.64. The largest absolute Gasteiger partial charge is 0.367 e. The summed E-state index contributed by atoms with van der Waals surface area (Å²) in [5.74, 6) is -0.0305. The highest BCUT2D eigenvalue weighted by molar-refractivity contribution is 6.33. The van der Waals surface area contributed by atoms with Gasteiger partial charge in [0.2, 0.25) is 5.91 Å². The van der Waals surface area contributed by atoms with Crippen molar-refractivity contribution in [3.8, 4) is 0 Å². The normalized spacial score (nSPS) is 14.8. The highest BCUT2D eigenvalue weighted by Gasteiger charge is 2.22. The molecule has 2 aromatic rings. The van der Waals surface area contributed by atoms with E-state index >= 15 is 0 Å². The third kappa shape index (κ3) is 3.56. The lowest BCUT2D eigenvalue weighted by atomic mass is 10.2. The summed E-state index contributed by atoms with van der Waals surface area (Å²) in [7, 11) is 0. The van der Waals surface area contributed by atoms with Crippen molar-refractivity contribution in [2.75, 3.05) is 31.1 Å². The Balaban J connectivity index is 1.61. The Morgan fingerprint density at radius 2 is 1.70 bits per heavy atom. The van der Waals surface area contributed by atoms with Gasteiger partial charge < -0.3 is 14.4 Å². The van der Waals surface area contributed by atoms with Crippen LogP contribution in [0, 0.1) is 0 Å².